The van der Waals surface area contributed by atoms with Gasteiger partial charge < -0.3 is 10.7 Å². The highest BCUT2D eigenvalue weighted by Gasteiger charge is 2.06. The molecule has 0 aliphatic rings. The van der Waals surface area contributed by atoms with Crippen molar-refractivity contribution in [3.8, 4) is 11.4 Å². The highest BCUT2D eigenvalue weighted by Crippen LogP contribution is 2.28. The average Bonchev–Trinajstić information content (AvgIpc) is 2.15. The highest BCUT2D eigenvalue weighted by atomic mass is 79.9. The molecule has 0 aliphatic heterocycles. The van der Waals surface area contributed by atoms with Crippen LogP contribution in [-0.2, 0) is 0 Å². The largest absolute Gasteiger partial charge is 0.369 e. The summed E-state index contributed by atoms with van der Waals surface area (Å²) in [5.41, 5.74) is 6.39. The molecule has 1 aromatic heterocycles. The number of H-pyrrole nitrogens is 1. The van der Waals surface area contributed by atoms with Gasteiger partial charge in [0.25, 0.3) is 0 Å². The zero-order chi connectivity index (χ0) is 11.7. The third kappa shape index (κ3) is 2.40. The van der Waals surface area contributed by atoms with Gasteiger partial charge in [-0.2, -0.15) is 4.98 Å². The molecular weight excluding hydrogens is 312 g/mol. The zero-order valence-corrected chi connectivity index (χ0v) is 11.0. The first-order chi connectivity index (χ1) is 7.56. The van der Waals surface area contributed by atoms with Gasteiger partial charge in [0.2, 0.25) is 10.7 Å². The summed E-state index contributed by atoms with van der Waals surface area (Å²) in [6.45, 7) is 0. The Hall–Kier alpha value is -0.980. The van der Waals surface area contributed by atoms with Crippen LogP contribution < -0.4 is 5.73 Å². The molecule has 0 saturated carbocycles. The van der Waals surface area contributed by atoms with Crippen molar-refractivity contribution < 1.29 is 0 Å². The molecule has 0 spiro atoms. The molecule has 1 aromatic carbocycles. The van der Waals surface area contributed by atoms with Gasteiger partial charge in [0.15, 0.2) is 0 Å². The number of hydrogen-bond donors (Lipinski definition) is 2. The lowest BCUT2D eigenvalue weighted by Crippen LogP contribution is -2.00. The molecule has 82 valence electrons. The van der Waals surface area contributed by atoms with Crippen LogP contribution >= 0.6 is 39.7 Å². The van der Waals surface area contributed by atoms with E-state index in [1.807, 2.05) is 6.07 Å². The average molecular weight is 318 g/mol. The van der Waals surface area contributed by atoms with Crippen LogP contribution in [0.2, 0.25) is 5.02 Å². The van der Waals surface area contributed by atoms with Crippen molar-refractivity contribution in [3.05, 3.63) is 32.5 Å². The number of hydrogen-bond acceptors (Lipinski definition) is 4. The van der Waals surface area contributed by atoms with Crippen LogP contribution in [0.15, 0.2) is 22.7 Å². The third-order valence-electron chi connectivity index (χ3n) is 1.86. The van der Waals surface area contributed by atoms with Gasteiger partial charge in [-0.05, 0) is 46.3 Å². The number of aromatic nitrogens is 3. The molecule has 0 aliphatic carbocycles. The van der Waals surface area contributed by atoms with E-state index in [1.165, 1.54) is 0 Å². The Morgan fingerprint density at radius 1 is 1.38 bits per heavy atom. The van der Waals surface area contributed by atoms with E-state index in [9.17, 15) is 0 Å². The molecule has 0 radical (unpaired) electrons. The second-order valence-electron chi connectivity index (χ2n) is 2.99. The molecule has 3 N–H and O–H groups in total. The Balaban J connectivity index is 2.63. The Morgan fingerprint density at radius 3 is 2.75 bits per heavy atom. The maximum atomic E-state index is 5.85. The molecule has 0 fully saturated rings. The normalized spacial score (nSPS) is 10.4. The molecule has 0 atom stereocenters. The van der Waals surface area contributed by atoms with E-state index >= 15 is 0 Å². The fourth-order valence-corrected chi connectivity index (χ4v) is 2.27. The fourth-order valence-electron chi connectivity index (χ4n) is 1.21. The van der Waals surface area contributed by atoms with Crippen LogP contribution in [0, 0.1) is 4.77 Å². The summed E-state index contributed by atoms with van der Waals surface area (Å²) in [6, 6.07) is 5.35. The van der Waals surface area contributed by atoms with E-state index in [-0.39, 0.29) is 10.7 Å². The Morgan fingerprint density at radius 2 is 2.12 bits per heavy atom. The minimum Gasteiger partial charge on any atom is -0.369 e. The van der Waals surface area contributed by atoms with Crippen molar-refractivity contribution in [1.82, 2.24) is 15.0 Å². The van der Waals surface area contributed by atoms with Gasteiger partial charge >= 0.3 is 0 Å². The summed E-state index contributed by atoms with van der Waals surface area (Å²) in [4.78, 5) is 10.7. The maximum Gasteiger partial charge on any atom is 0.224 e. The van der Waals surface area contributed by atoms with Crippen LogP contribution in [0.3, 0.4) is 0 Å². The molecule has 7 heteroatoms. The summed E-state index contributed by atoms with van der Waals surface area (Å²) in [7, 11) is 0. The molecule has 2 rings (SSSR count). The van der Waals surface area contributed by atoms with Crippen LogP contribution in [0.4, 0.5) is 5.95 Å². The van der Waals surface area contributed by atoms with E-state index in [2.05, 4.69) is 30.9 Å². The second-order valence-corrected chi connectivity index (χ2v) is 4.65. The predicted molar refractivity (Wildman–Crippen MR) is 69.8 cm³/mol. The topological polar surface area (TPSA) is 67.6 Å². The standard InChI is InChI=1S/C9H6BrClN4S/c10-6-3-4(11)1-2-5(6)7-13-8(12)15-9(16)14-7/h1-3H,(H3,12,13,14,15,16). The first kappa shape index (κ1) is 11.5. The van der Waals surface area contributed by atoms with E-state index in [4.69, 9.17) is 29.6 Å². The lowest BCUT2D eigenvalue weighted by Gasteiger charge is -2.04. The SMILES string of the molecule is Nc1nc(=S)nc(-c2ccc(Cl)cc2Br)[nH]1. The molecule has 0 unspecified atom stereocenters. The number of anilines is 1. The summed E-state index contributed by atoms with van der Waals surface area (Å²) in [6.07, 6.45) is 0. The van der Waals surface area contributed by atoms with Crippen molar-refractivity contribution in [2.24, 2.45) is 0 Å². The number of nitrogens with one attached hydrogen (secondary N) is 1. The molecular formula is C9H6BrClN4S. The maximum absolute atomic E-state index is 5.85. The number of halogens is 2. The van der Waals surface area contributed by atoms with Crippen LogP contribution in [0.5, 0.6) is 0 Å². The van der Waals surface area contributed by atoms with Gasteiger partial charge in [0.1, 0.15) is 5.82 Å². The summed E-state index contributed by atoms with van der Waals surface area (Å²) >= 11 is 14.1. The fraction of sp³-hybridized carbons (Fsp3) is 0. The number of benzene rings is 1. The van der Waals surface area contributed by atoms with Gasteiger partial charge in [0.05, 0.1) is 0 Å². The van der Waals surface area contributed by atoms with Crippen molar-refractivity contribution in [3.63, 3.8) is 0 Å². The van der Waals surface area contributed by atoms with Crippen LogP contribution in [-0.4, -0.2) is 15.0 Å². The molecule has 0 amide bonds. The Labute approximate surface area is 110 Å². The van der Waals surface area contributed by atoms with Crippen molar-refractivity contribution in [2.45, 2.75) is 0 Å². The number of rotatable bonds is 1. The molecule has 0 saturated heterocycles. The van der Waals surface area contributed by atoms with Gasteiger partial charge in [-0.3, -0.25) is 0 Å². The summed E-state index contributed by atoms with van der Waals surface area (Å²) in [5.74, 6) is 0.790. The lowest BCUT2D eigenvalue weighted by molar-refractivity contribution is 1.05. The van der Waals surface area contributed by atoms with E-state index < -0.39 is 0 Å². The molecule has 1 heterocycles. The van der Waals surface area contributed by atoms with Gasteiger partial charge in [0, 0.05) is 15.1 Å². The molecule has 2 aromatic rings. The van der Waals surface area contributed by atoms with Gasteiger partial charge in [-0.25, -0.2) is 4.98 Å². The molecule has 4 nitrogen and oxygen atoms in total. The molecule has 16 heavy (non-hydrogen) atoms. The quantitative estimate of drug-likeness (QED) is 0.793. The highest BCUT2D eigenvalue weighted by molar-refractivity contribution is 9.10. The monoisotopic (exact) mass is 316 g/mol. The lowest BCUT2D eigenvalue weighted by atomic mass is 10.2. The van der Waals surface area contributed by atoms with Crippen molar-refractivity contribution in [2.75, 3.05) is 5.73 Å². The number of nitrogen functional groups attached to an aromatic ring is 1. The number of nitrogens with zero attached hydrogens (tertiary/aromatic N) is 2. The van der Waals surface area contributed by atoms with Crippen molar-refractivity contribution >= 4 is 45.7 Å². The Bertz CT molecular complexity index is 598. The van der Waals surface area contributed by atoms with E-state index in [0.717, 1.165) is 10.0 Å². The predicted octanol–water partition coefficient (Wildman–Crippen LogP) is 3.20. The van der Waals surface area contributed by atoms with Gasteiger partial charge in [-0.15, -0.1) is 0 Å². The number of aromatic amines is 1. The first-order valence-corrected chi connectivity index (χ1v) is 5.83. The van der Waals surface area contributed by atoms with E-state index in [0.29, 0.717) is 10.8 Å². The smallest absolute Gasteiger partial charge is 0.224 e. The third-order valence-corrected chi connectivity index (χ3v) is 2.93. The van der Waals surface area contributed by atoms with Crippen LogP contribution in [0.25, 0.3) is 11.4 Å². The minimum atomic E-state index is 0.202. The second kappa shape index (κ2) is 4.48. The van der Waals surface area contributed by atoms with Crippen molar-refractivity contribution in [1.29, 1.82) is 0 Å². The molecule has 0 bridgehead atoms. The summed E-state index contributed by atoms with van der Waals surface area (Å²) < 4.78 is 1.01. The van der Waals surface area contributed by atoms with Gasteiger partial charge in [-0.1, -0.05) is 11.6 Å². The zero-order valence-electron chi connectivity index (χ0n) is 7.87. The van der Waals surface area contributed by atoms with Crippen LogP contribution in [0.1, 0.15) is 0 Å². The van der Waals surface area contributed by atoms with E-state index in [1.54, 1.807) is 12.1 Å². The number of nitrogens with two attached hydrogens (primary N) is 1. The Kier molecular flexibility index (Phi) is 3.22. The first-order valence-electron chi connectivity index (χ1n) is 4.25. The summed E-state index contributed by atoms with van der Waals surface area (Å²) in [5, 5.41) is 0.635. The minimum absolute atomic E-state index is 0.202.